The minimum Gasteiger partial charge on any atom is -0.356 e. The molecule has 0 aliphatic heterocycles. The van der Waals surface area contributed by atoms with E-state index >= 15 is 0 Å². The van der Waals surface area contributed by atoms with Crippen LogP contribution in [0, 0.1) is 5.92 Å². The lowest BCUT2D eigenvalue weighted by molar-refractivity contribution is 0.520. The standard InChI is InChI=1S/C16H28N4O2S.HI/c1-13(2)10-11-18-16(17-3)19-12-14-6-8-15(9-7-14)23(21,22)20(4)5;/h6-9,13H,10-12H2,1-5H3,(H2,17,18,19);1H. The normalized spacial score (nSPS) is 12.2. The molecule has 1 aromatic carbocycles. The monoisotopic (exact) mass is 468 g/mol. The average molecular weight is 468 g/mol. The Labute approximate surface area is 163 Å². The Hall–Kier alpha value is -0.870. The minimum atomic E-state index is -3.37. The van der Waals surface area contributed by atoms with E-state index in [9.17, 15) is 8.42 Å². The van der Waals surface area contributed by atoms with Crippen LogP contribution in [0.5, 0.6) is 0 Å². The van der Waals surface area contributed by atoms with Crippen molar-refractivity contribution >= 4 is 40.0 Å². The zero-order valence-electron chi connectivity index (χ0n) is 15.0. The molecule has 138 valence electrons. The molecule has 0 atom stereocenters. The summed E-state index contributed by atoms with van der Waals surface area (Å²) in [7, 11) is 1.41. The second-order valence-electron chi connectivity index (χ2n) is 5.97. The summed E-state index contributed by atoms with van der Waals surface area (Å²) < 4.78 is 25.2. The van der Waals surface area contributed by atoms with E-state index in [1.807, 2.05) is 12.1 Å². The van der Waals surface area contributed by atoms with Crippen LogP contribution in [0.2, 0.25) is 0 Å². The molecule has 6 nitrogen and oxygen atoms in total. The second-order valence-corrected chi connectivity index (χ2v) is 8.12. The van der Waals surface area contributed by atoms with Crippen LogP contribution < -0.4 is 10.6 Å². The quantitative estimate of drug-likeness (QED) is 0.366. The molecule has 0 aliphatic rings. The van der Waals surface area contributed by atoms with Crippen molar-refractivity contribution in [1.82, 2.24) is 14.9 Å². The first-order valence-corrected chi connectivity index (χ1v) is 9.17. The lowest BCUT2D eigenvalue weighted by atomic mass is 10.1. The molecule has 0 radical (unpaired) electrons. The molecule has 0 aliphatic carbocycles. The van der Waals surface area contributed by atoms with Gasteiger partial charge in [0, 0.05) is 34.2 Å². The third-order valence-electron chi connectivity index (χ3n) is 3.40. The van der Waals surface area contributed by atoms with Crippen molar-refractivity contribution in [2.45, 2.75) is 31.7 Å². The van der Waals surface area contributed by atoms with Gasteiger partial charge in [0.1, 0.15) is 0 Å². The van der Waals surface area contributed by atoms with Crippen molar-refractivity contribution in [3.8, 4) is 0 Å². The number of aliphatic imine (C=N–C) groups is 1. The van der Waals surface area contributed by atoms with E-state index in [-0.39, 0.29) is 24.0 Å². The zero-order chi connectivity index (χ0) is 17.5. The van der Waals surface area contributed by atoms with Crippen LogP contribution in [0.1, 0.15) is 25.8 Å². The van der Waals surface area contributed by atoms with E-state index in [0.717, 1.165) is 24.5 Å². The number of hydrogen-bond donors (Lipinski definition) is 2. The Balaban J connectivity index is 0.00000529. The number of nitrogens with one attached hydrogen (secondary N) is 2. The lowest BCUT2D eigenvalue weighted by Crippen LogP contribution is -2.37. The van der Waals surface area contributed by atoms with Crippen molar-refractivity contribution in [2.75, 3.05) is 27.7 Å². The summed E-state index contributed by atoms with van der Waals surface area (Å²) in [5.41, 5.74) is 0.995. The van der Waals surface area contributed by atoms with Gasteiger partial charge in [-0.3, -0.25) is 4.99 Å². The fraction of sp³-hybridized carbons (Fsp3) is 0.562. The summed E-state index contributed by atoms with van der Waals surface area (Å²) in [5.74, 6) is 1.39. The molecule has 0 bridgehead atoms. The van der Waals surface area contributed by atoms with Crippen molar-refractivity contribution in [3.63, 3.8) is 0 Å². The smallest absolute Gasteiger partial charge is 0.242 e. The number of rotatable bonds is 7. The molecular formula is C16H29IN4O2S. The first-order valence-electron chi connectivity index (χ1n) is 7.73. The molecule has 2 N–H and O–H groups in total. The molecule has 1 rings (SSSR count). The number of hydrogen-bond acceptors (Lipinski definition) is 3. The second kappa shape index (κ2) is 10.9. The molecular weight excluding hydrogens is 439 g/mol. The van der Waals surface area contributed by atoms with Crippen molar-refractivity contribution < 1.29 is 8.42 Å². The van der Waals surface area contributed by atoms with Gasteiger partial charge in [-0.15, -0.1) is 24.0 Å². The van der Waals surface area contributed by atoms with Gasteiger partial charge in [-0.25, -0.2) is 12.7 Å². The Morgan fingerprint density at radius 3 is 2.21 bits per heavy atom. The Morgan fingerprint density at radius 2 is 1.75 bits per heavy atom. The van der Waals surface area contributed by atoms with Crippen LogP contribution in [-0.2, 0) is 16.6 Å². The largest absolute Gasteiger partial charge is 0.356 e. The molecule has 24 heavy (non-hydrogen) atoms. The third-order valence-corrected chi connectivity index (χ3v) is 5.23. The van der Waals surface area contributed by atoms with Crippen molar-refractivity contribution in [1.29, 1.82) is 0 Å². The summed E-state index contributed by atoms with van der Waals surface area (Å²) in [5, 5.41) is 6.48. The van der Waals surface area contributed by atoms with Crippen LogP contribution in [-0.4, -0.2) is 46.4 Å². The van der Waals surface area contributed by atoms with Crippen LogP contribution in [0.4, 0.5) is 0 Å². The maximum Gasteiger partial charge on any atom is 0.242 e. The number of nitrogens with zero attached hydrogens (tertiary/aromatic N) is 2. The van der Waals surface area contributed by atoms with Crippen LogP contribution >= 0.6 is 24.0 Å². The Morgan fingerprint density at radius 1 is 1.17 bits per heavy atom. The van der Waals surface area contributed by atoms with Crippen LogP contribution in [0.25, 0.3) is 0 Å². The molecule has 0 fully saturated rings. The summed E-state index contributed by atoms with van der Waals surface area (Å²) in [6.45, 7) is 5.82. The number of sulfonamides is 1. The highest BCUT2D eigenvalue weighted by atomic mass is 127. The molecule has 0 saturated heterocycles. The Kier molecular flexibility index (Phi) is 10.5. The predicted octanol–water partition coefficient (Wildman–Crippen LogP) is 2.27. The van der Waals surface area contributed by atoms with E-state index in [1.54, 1.807) is 19.2 Å². The van der Waals surface area contributed by atoms with E-state index in [4.69, 9.17) is 0 Å². The van der Waals surface area contributed by atoms with E-state index in [0.29, 0.717) is 17.4 Å². The molecule has 1 aromatic rings. The number of benzene rings is 1. The Bertz CT molecular complexity index is 613. The summed E-state index contributed by atoms with van der Waals surface area (Å²) in [6.07, 6.45) is 1.08. The fourth-order valence-electron chi connectivity index (χ4n) is 1.88. The number of guanidine groups is 1. The first kappa shape index (κ1) is 23.1. The van der Waals surface area contributed by atoms with Gasteiger partial charge in [0.2, 0.25) is 10.0 Å². The topological polar surface area (TPSA) is 73.8 Å². The molecule has 0 aromatic heterocycles. The van der Waals surface area contributed by atoms with Gasteiger partial charge in [0.15, 0.2) is 5.96 Å². The van der Waals surface area contributed by atoms with Gasteiger partial charge < -0.3 is 10.6 Å². The SMILES string of the molecule is CN=C(NCCC(C)C)NCc1ccc(S(=O)(=O)N(C)C)cc1.I. The summed E-state index contributed by atoms with van der Waals surface area (Å²) in [6, 6.07) is 6.87. The van der Waals surface area contributed by atoms with Gasteiger partial charge in [0.05, 0.1) is 4.90 Å². The van der Waals surface area contributed by atoms with Crippen molar-refractivity contribution in [2.24, 2.45) is 10.9 Å². The average Bonchev–Trinajstić information content (AvgIpc) is 2.50. The highest BCUT2D eigenvalue weighted by Crippen LogP contribution is 2.13. The lowest BCUT2D eigenvalue weighted by Gasteiger charge is -2.14. The van der Waals surface area contributed by atoms with E-state index in [2.05, 4.69) is 29.5 Å². The van der Waals surface area contributed by atoms with Gasteiger partial charge in [-0.2, -0.15) is 0 Å². The summed E-state index contributed by atoms with van der Waals surface area (Å²) in [4.78, 5) is 4.47. The predicted molar refractivity (Wildman–Crippen MR) is 110 cm³/mol. The van der Waals surface area contributed by atoms with Gasteiger partial charge in [-0.05, 0) is 30.0 Å². The molecule has 0 amide bonds. The molecule has 0 heterocycles. The van der Waals surface area contributed by atoms with Crippen molar-refractivity contribution in [3.05, 3.63) is 29.8 Å². The minimum absolute atomic E-state index is 0. The number of halogens is 1. The van der Waals surface area contributed by atoms with Gasteiger partial charge in [-0.1, -0.05) is 26.0 Å². The van der Waals surface area contributed by atoms with Gasteiger partial charge >= 0.3 is 0 Å². The third kappa shape index (κ3) is 7.35. The highest BCUT2D eigenvalue weighted by molar-refractivity contribution is 14.0. The first-order chi connectivity index (χ1) is 10.8. The molecule has 8 heteroatoms. The molecule has 0 saturated carbocycles. The fourth-order valence-corrected chi connectivity index (χ4v) is 2.78. The van der Waals surface area contributed by atoms with Crippen LogP contribution in [0.15, 0.2) is 34.2 Å². The molecule has 0 spiro atoms. The van der Waals surface area contributed by atoms with E-state index < -0.39 is 10.0 Å². The highest BCUT2D eigenvalue weighted by Gasteiger charge is 2.16. The van der Waals surface area contributed by atoms with Crippen LogP contribution in [0.3, 0.4) is 0 Å². The maximum absolute atomic E-state index is 12.0. The zero-order valence-corrected chi connectivity index (χ0v) is 18.2. The molecule has 0 unspecified atom stereocenters. The van der Waals surface area contributed by atoms with E-state index in [1.165, 1.54) is 18.4 Å². The summed E-state index contributed by atoms with van der Waals surface area (Å²) >= 11 is 0. The van der Waals surface area contributed by atoms with Gasteiger partial charge in [0.25, 0.3) is 0 Å². The maximum atomic E-state index is 12.0.